The van der Waals surface area contributed by atoms with Gasteiger partial charge in [-0.2, -0.15) is 0 Å². The van der Waals surface area contributed by atoms with Crippen LogP contribution in [0.1, 0.15) is 49.5 Å². The summed E-state index contributed by atoms with van der Waals surface area (Å²) in [6, 6.07) is 20.9. The van der Waals surface area contributed by atoms with Gasteiger partial charge in [-0.05, 0) is 65.9 Å². The minimum absolute atomic E-state index is 0.202. The molecule has 0 atom stereocenters. The maximum absolute atomic E-state index is 12.7. The van der Waals surface area contributed by atoms with Gasteiger partial charge in [0.2, 0.25) is 5.89 Å². The number of amides is 1. The van der Waals surface area contributed by atoms with Crippen LogP contribution in [0.25, 0.3) is 22.6 Å². The number of oxazole rings is 1. The number of hydrogen-bond acceptors (Lipinski definition) is 4. The van der Waals surface area contributed by atoms with Gasteiger partial charge in [-0.3, -0.25) is 4.79 Å². The lowest BCUT2D eigenvalue weighted by molar-refractivity contribution is 0.102. The number of aromatic nitrogens is 1. The highest BCUT2D eigenvalue weighted by atomic mass is 16.5. The van der Waals surface area contributed by atoms with Gasteiger partial charge < -0.3 is 14.5 Å². The molecule has 0 spiro atoms. The molecular weight excluding hydrogens is 400 g/mol. The first-order chi connectivity index (χ1) is 15.4. The van der Waals surface area contributed by atoms with Crippen LogP contribution in [0.2, 0.25) is 0 Å². The van der Waals surface area contributed by atoms with Crippen LogP contribution in [0, 0.1) is 5.92 Å². The summed E-state index contributed by atoms with van der Waals surface area (Å²) in [4.78, 5) is 17.4. The second-order valence-corrected chi connectivity index (χ2v) is 8.67. The number of ether oxygens (including phenoxy) is 1. The predicted octanol–water partition coefficient (Wildman–Crippen LogP) is 6.91. The molecule has 0 aliphatic heterocycles. The minimum Gasteiger partial charge on any atom is -0.493 e. The van der Waals surface area contributed by atoms with E-state index in [2.05, 4.69) is 50.1 Å². The third kappa shape index (κ3) is 4.99. The second-order valence-electron chi connectivity index (χ2n) is 8.67. The number of hydrogen-bond donors (Lipinski definition) is 1. The highest BCUT2D eigenvalue weighted by molar-refractivity contribution is 6.05. The first-order valence-electron chi connectivity index (χ1n) is 10.9. The fourth-order valence-electron chi connectivity index (χ4n) is 3.33. The topological polar surface area (TPSA) is 64.4 Å². The largest absolute Gasteiger partial charge is 0.493 e. The summed E-state index contributed by atoms with van der Waals surface area (Å²) >= 11 is 0. The van der Waals surface area contributed by atoms with Crippen molar-refractivity contribution >= 4 is 22.7 Å². The molecule has 0 saturated carbocycles. The number of nitrogens with zero attached hydrogens (tertiary/aromatic N) is 1. The van der Waals surface area contributed by atoms with Crippen molar-refractivity contribution in [2.75, 3.05) is 11.9 Å². The number of fused-ring (bicyclic) bond motifs is 1. The molecule has 1 aromatic heterocycles. The van der Waals surface area contributed by atoms with Gasteiger partial charge in [-0.15, -0.1) is 0 Å². The Bertz CT molecular complexity index is 1220. The van der Waals surface area contributed by atoms with E-state index in [0.717, 1.165) is 5.56 Å². The normalized spacial score (nSPS) is 11.3. The molecule has 0 radical (unpaired) electrons. The Morgan fingerprint density at radius 1 is 1.00 bits per heavy atom. The molecule has 32 heavy (non-hydrogen) atoms. The second kappa shape index (κ2) is 9.27. The van der Waals surface area contributed by atoms with E-state index < -0.39 is 0 Å². The molecule has 0 aliphatic rings. The van der Waals surface area contributed by atoms with E-state index in [1.807, 2.05) is 42.5 Å². The molecule has 1 amide bonds. The van der Waals surface area contributed by atoms with Crippen molar-refractivity contribution in [3.8, 4) is 17.2 Å². The fraction of sp³-hybridized carbons (Fsp3) is 0.259. The van der Waals surface area contributed by atoms with Gasteiger partial charge >= 0.3 is 0 Å². The molecule has 4 rings (SSSR count). The van der Waals surface area contributed by atoms with Gasteiger partial charge in [0.1, 0.15) is 11.3 Å². The van der Waals surface area contributed by atoms with Crippen LogP contribution in [-0.2, 0) is 0 Å². The average Bonchev–Trinajstić information content (AvgIpc) is 3.21. The lowest BCUT2D eigenvalue weighted by atomic mass is 10.0. The van der Waals surface area contributed by atoms with Crippen molar-refractivity contribution in [2.24, 2.45) is 5.92 Å². The Hall–Kier alpha value is -3.60. The van der Waals surface area contributed by atoms with Crippen LogP contribution in [0.5, 0.6) is 5.75 Å². The number of nitrogens with one attached hydrogen (secondary N) is 1. The Balaban J connectivity index is 1.50. The number of carbonyl (C=O) groups excluding carboxylic acids is 1. The van der Waals surface area contributed by atoms with Gasteiger partial charge in [0.05, 0.1) is 6.61 Å². The summed E-state index contributed by atoms with van der Waals surface area (Å²) in [5.74, 6) is 1.94. The quantitative estimate of drug-likeness (QED) is 0.347. The summed E-state index contributed by atoms with van der Waals surface area (Å²) in [7, 11) is 0. The molecule has 5 nitrogen and oxygen atoms in total. The van der Waals surface area contributed by atoms with E-state index in [1.54, 1.807) is 12.1 Å². The zero-order valence-corrected chi connectivity index (χ0v) is 18.9. The molecule has 4 aromatic rings. The third-order valence-electron chi connectivity index (χ3n) is 5.15. The zero-order valence-electron chi connectivity index (χ0n) is 18.9. The van der Waals surface area contributed by atoms with Crippen molar-refractivity contribution in [1.29, 1.82) is 0 Å². The summed E-state index contributed by atoms with van der Waals surface area (Å²) in [5, 5.41) is 2.94. The lowest BCUT2D eigenvalue weighted by Gasteiger charge is -2.10. The van der Waals surface area contributed by atoms with Gasteiger partial charge in [0, 0.05) is 16.8 Å². The number of carbonyl (C=O) groups is 1. The number of rotatable bonds is 7. The molecule has 0 bridgehead atoms. The molecule has 5 heteroatoms. The summed E-state index contributed by atoms with van der Waals surface area (Å²) in [5.41, 5.74) is 4.76. The molecule has 0 fully saturated rings. The summed E-state index contributed by atoms with van der Waals surface area (Å²) < 4.78 is 11.6. The van der Waals surface area contributed by atoms with Crippen LogP contribution in [0.15, 0.2) is 71.1 Å². The van der Waals surface area contributed by atoms with Crippen LogP contribution in [-0.4, -0.2) is 17.5 Å². The van der Waals surface area contributed by atoms with Crippen molar-refractivity contribution in [3.63, 3.8) is 0 Å². The molecule has 164 valence electrons. The Morgan fingerprint density at radius 3 is 2.50 bits per heavy atom. The van der Waals surface area contributed by atoms with Crippen LogP contribution < -0.4 is 10.1 Å². The lowest BCUT2D eigenvalue weighted by Crippen LogP contribution is -2.12. The van der Waals surface area contributed by atoms with Gasteiger partial charge in [0.15, 0.2) is 5.58 Å². The molecule has 1 N–H and O–H groups in total. The van der Waals surface area contributed by atoms with Crippen LogP contribution in [0.3, 0.4) is 0 Å². The summed E-state index contributed by atoms with van der Waals surface area (Å²) in [6.07, 6.45) is 0. The maximum Gasteiger partial charge on any atom is 0.255 e. The van der Waals surface area contributed by atoms with E-state index in [9.17, 15) is 4.79 Å². The van der Waals surface area contributed by atoms with Gasteiger partial charge in [0.25, 0.3) is 5.91 Å². The highest BCUT2D eigenvalue weighted by Crippen LogP contribution is 2.28. The fourth-order valence-corrected chi connectivity index (χ4v) is 3.33. The van der Waals surface area contributed by atoms with E-state index in [-0.39, 0.29) is 5.91 Å². The molecule has 0 unspecified atom stereocenters. The van der Waals surface area contributed by atoms with E-state index in [0.29, 0.717) is 52.4 Å². The molecule has 1 heterocycles. The van der Waals surface area contributed by atoms with E-state index >= 15 is 0 Å². The Labute approximate surface area is 188 Å². The first-order valence-corrected chi connectivity index (χ1v) is 10.9. The standard InChI is InChI=1S/C27H28N2O3/c1-17(2)16-31-23-7-5-6-21(14-23)26(30)28-22-12-13-25-24(15-22)29-27(32-25)20-10-8-19(9-11-20)18(3)4/h5-15,17-18H,16H2,1-4H3,(H,28,30). The number of anilines is 1. The number of benzene rings is 3. The SMILES string of the molecule is CC(C)COc1cccc(C(=O)Nc2ccc3oc(-c4ccc(C(C)C)cc4)nc3c2)c1. The van der Waals surface area contributed by atoms with Gasteiger partial charge in [-0.1, -0.05) is 45.9 Å². The zero-order chi connectivity index (χ0) is 22.7. The van der Waals surface area contributed by atoms with E-state index in [1.165, 1.54) is 5.56 Å². The monoisotopic (exact) mass is 428 g/mol. The predicted molar refractivity (Wildman–Crippen MR) is 128 cm³/mol. The van der Waals surface area contributed by atoms with Crippen LogP contribution in [0.4, 0.5) is 5.69 Å². The van der Waals surface area contributed by atoms with Crippen molar-refractivity contribution in [3.05, 3.63) is 77.9 Å². The molecule has 0 saturated heterocycles. The minimum atomic E-state index is -0.202. The van der Waals surface area contributed by atoms with Crippen molar-refractivity contribution in [2.45, 2.75) is 33.6 Å². The van der Waals surface area contributed by atoms with Crippen molar-refractivity contribution in [1.82, 2.24) is 4.98 Å². The highest BCUT2D eigenvalue weighted by Gasteiger charge is 2.12. The maximum atomic E-state index is 12.7. The Morgan fingerprint density at radius 2 is 1.78 bits per heavy atom. The Kier molecular flexibility index (Phi) is 6.26. The van der Waals surface area contributed by atoms with Gasteiger partial charge in [-0.25, -0.2) is 4.98 Å². The molecule has 0 aliphatic carbocycles. The molecular formula is C27H28N2O3. The smallest absolute Gasteiger partial charge is 0.255 e. The summed E-state index contributed by atoms with van der Waals surface area (Å²) in [6.45, 7) is 9.11. The third-order valence-corrected chi connectivity index (χ3v) is 5.15. The van der Waals surface area contributed by atoms with Crippen molar-refractivity contribution < 1.29 is 13.9 Å². The average molecular weight is 429 g/mol. The molecule has 3 aromatic carbocycles. The van der Waals surface area contributed by atoms with Crippen LogP contribution >= 0.6 is 0 Å². The first kappa shape index (κ1) is 21.6. The van der Waals surface area contributed by atoms with E-state index in [4.69, 9.17) is 9.15 Å².